The predicted octanol–water partition coefficient (Wildman–Crippen LogP) is 2.24. The molecule has 2 unspecified atom stereocenters. The second-order valence-electron chi connectivity index (χ2n) is 4.38. The van der Waals surface area contributed by atoms with Crippen LogP contribution in [0.25, 0.3) is 0 Å². The summed E-state index contributed by atoms with van der Waals surface area (Å²) in [5, 5.41) is 0. The number of nitrogens with two attached hydrogens (primary N) is 1. The van der Waals surface area contributed by atoms with E-state index in [0.717, 1.165) is 32.1 Å². The van der Waals surface area contributed by atoms with Gasteiger partial charge in [0, 0.05) is 6.04 Å². The topological polar surface area (TPSA) is 44.5 Å². The molecule has 0 amide bonds. The molecule has 0 aromatic rings. The first-order valence-electron chi connectivity index (χ1n) is 6.01. The van der Waals surface area contributed by atoms with Gasteiger partial charge in [-0.15, -0.1) is 0 Å². The highest BCUT2D eigenvalue weighted by Gasteiger charge is 2.27. The molecule has 0 heterocycles. The molecule has 1 aliphatic carbocycles. The molecule has 0 aromatic carbocycles. The summed E-state index contributed by atoms with van der Waals surface area (Å²) in [5.41, 5.74) is 5.92. The zero-order valence-corrected chi connectivity index (χ0v) is 9.84. The van der Waals surface area contributed by atoms with E-state index in [1.165, 1.54) is 0 Å². The summed E-state index contributed by atoms with van der Waals surface area (Å²) >= 11 is 0. The number of hydrogen-bond donors (Lipinski definition) is 1. The normalized spacial score (nSPS) is 26.8. The van der Waals surface area contributed by atoms with Crippen LogP contribution < -0.4 is 5.73 Å². The predicted molar refractivity (Wildman–Crippen MR) is 57.7 cm³/mol. The third-order valence-corrected chi connectivity index (χ3v) is 2.83. The number of alkyl halides is 3. The van der Waals surface area contributed by atoms with Crippen LogP contribution in [-0.2, 0) is 9.47 Å². The molecular formula is C11H20F3NO2. The van der Waals surface area contributed by atoms with Gasteiger partial charge >= 0.3 is 6.18 Å². The lowest BCUT2D eigenvalue weighted by molar-refractivity contribution is -0.177. The Bertz CT molecular complexity index is 211. The first kappa shape index (κ1) is 14.7. The minimum atomic E-state index is -4.27. The minimum absolute atomic E-state index is 0.000108. The molecule has 17 heavy (non-hydrogen) atoms. The SMILES string of the molecule is NC1CCCCCC1OCCOCC(F)(F)F. The van der Waals surface area contributed by atoms with Gasteiger partial charge in [-0.25, -0.2) is 0 Å². The van der Waals surface area contributed by atoms with E-state index in [2.05, 4.69) is 4.74 Å². The fourth-order valence-electron chi connectivity index (χ4n) is 1.96. The largest absolute Gasteiger partial charge is 0.411 e. The molecule has 3 nitrogen and oxygen atoms in total. The maximum atomic E-state index is 11.8. The van der Waals surface area contributed by atoms with E-state index in [4.69, 9.17) is 10.5 Å². The second-order valence-corrected chi connectivity index (χ2v) is 4.38. The Labute approximate surface area is 99.4 Å². The van der Waals surface area contributed by atoms with Gasteiger partial charge in [0.05, 0.1) is 19.3 Å². The summed E-state index contributed by atoms with van der Waals surface area (Å²) < 4.78 is 45.2. The van der Waals surface area contributed by atoms with Gasteiger partial charge < -0.3 is 15.2 Å². The molecule has 2 atom stereocenters. The molecule has 1 fully saturated rings. The smallest absolute Gasteiger partial charge is 0.374 e. The summed E-state index contributed by atoms with van der Waals surface area (Å²) in [6.45, 7) is -1.08. The number of halogens is 3. The molecule has 0 radical (unpaired) electrons. The van der Waals surface area contributed by atoms with Crippen molar-refractivity contribution in [3.8, 4) is 0 Å². The Morgan fingerprint density at radius 1 is 1.06 bits per heavy atom. The van der Waals surface area contributed by atoms with Crippen LogP contribution in [0.4, 0.5) is 13.2 Å². The molecule has 1 aliphatic rings. The fourth-order valence-corrected chi connectivity index (χ4v) is 1.96. The second kappa shape index (κ2) is 7.18. The number of ether oxygens (including phenoxy) is 2. The van der Waals surface area contributed by atoms with Gasteiger partial charge in [-0.05, 0) is 12.8 Å². The molecule has 0 aromatic heterocycles. The standard InChI is InChI=1S/C11H20F3NO2/c12-11(13,14)8-16-6-7-17-10-5-3-1-2-4-9(10)15/h9-10H,1-8,15H2. The fraction of sp³-hybridized carbons (Fsp3) is 1.00. The summed E-state index contributed by atoms with van der Waals surface area (Å²) in [7, 11) is 0. The zero-order chi connectivity index (χ0) is 12.7. The van der Waals surface area contributed by atoms with Crippen LogP contribution in [0.1, 0.15) is 32.1 Å². The summed E-state index contributed by atoms with van der Waals surface area (Å²) in [5.74, 6) is 0. The highest BCUT2D eigenvalue weighted by molar-refractivity contribution is 4.76. The van der Waals surface area contributed by atoms with Gasteiger partial charge in [-0.3, -0.25) is 0 Å². The Morgan fingerprint density at radius 3 is 2.47 bits per heavy atom. The van der Waals surface area contributed by atoms with E-state index >= 15 is 0 Å². The van der Waals surface area contributed by atoms with Crippen molar-refractivity contribution >= 4 is 0 Å². The van der Waals surface area contributed by atoms with Crippen molar-refractivity contribution in [2.45, 2.75) is 50.4 Å². The first-order chi connectivity index (χ1) is 7.99. The Morgan fingerprint density at radius 2 is 1.76 bits per heavy atom. The van der Waals surface area contributed by atoms with Gasteiger partial charge in [-0.1, -0.05) is 19.3 Å². The monoisotopic (exact) mass is 255 g/mol. The van der Waals surface area contributed by atoms with E-state index in [1.54, 1.807) is 0 Å². The van der Waals surface area contributed by atoms with Gasteiger partial charge in [0.15, 0.2) is 0 Å². The van der Waals surface area contributed by atoms with Crippen LogP contribution in [0.3, 0.4) is 0 Å². The highest BCUT2D eigenvalue weighted by atomic mass is 19.4. The van der Waals surface area contributed by atoms with Crippen LogP contribution >= 0.6 is 0 Å². The lowest BCUT2D eigenvalue weighted by Crippen LogP contribution is -2.36. The van der Waals surface area contributed by atoms with Crippen molar-refractivity contribution in [2.24, 2.45) is 5.73 Å². The third kappa shape index (κ3) is 6.85. The molecule has 1 saturated carbocycles. The maximum Gasteiger partial charge on any atom is 0.411 e. The average Bonchev–Trinajstić information content (AvgIpc) is 2.42. The van der Waals surface area contributed by atoms with Crippen LogP contribution in [0.15, 0.2) is 0 Å². The summed E-state index contributed by atoms with van der Waals surface area (Å²) in [6, 6.07) is 0.000108. The van der Waals surface area contributed by atoms with E-state index in [1.807, 2.05) is 0 Å². The molecule has 0 spiro atoms. The van der Waals surface area contributed by atoms with Crippen LogP contribution in [0.2, 0.25) is 0 Å². The van der Waals surface area contributed by atoms with E-state index in [-0.39, 0.29) is 25.4 Å². The molecule has 1 rings (SSSR count). The van der Waals surface area contributed by atoms with Crippen molar-refractivity contribution in [3.05, 3.63) is 0 Å². The molecule has 102 valence electrons. The van der Waals surface area contributed by atoms with Crippen molar-refractivity contribution in [1.29, 1.82) is 0 Å². The van der Waals surface area contributed by atoms with Gasteiger partial charge in [-0.2, -0.15) is 13.2 Å². The van der Waals surface area contributed by atoms with E-state index in [9.17, 15) is 13.2 Å². The molecule has 0 aliphatic heterocycles. The first-order valence-corrected chi connectivity index (χ1v) is 6.01. The minimum Gasteiger partial charge on any atom is -0.374 e. The summed E-state index contributed by atoms with van der Waals surface area (Å²) in [4.78, 5) is 0. The van der Waals surface area contributed by atoms with Crippen LogP contribution in [0.5, 0.6) is 0 Å². The molecule has 6 heteroatoms. The molecule has 0 saturated heterocycles. The molecule has 2 N–H and O–H groups in total. The Balaban J connectivity index is 2.08. The summed E-state index contributed by atoms with van der Waals surface area (Å²) in [6.07, 6.45) is 0.839. The van der Waals surface area contributed by atoms with Gasteiger partial charge in [0.2, 0.25) is 0 Å². The number of hydrogen-bond acceptors (Lipinski definition) is 3. The van der Waals surface area contributed by atoms with Crippen molar-refractivity contribution in [2.75, 3.05) is 19.8 Å². The van der Waals surface area contributed by atoms with Crippen molar-refractivity contribution in [3.63, 3.8) is 0 Å². The quantitative estimate of drug-likeness (QED) is 0.605. The average molecular weight is 255 g/mol. The van der Waals surface area contributed by atoms with Gasteiger partial charge in [0.25, 0.3) is 0 Å². The number of rotatable bonds is 5. The lowest BCUT2D eigenvalue weighted by Gasteiger charge is -2.21. The zero-order valence-electron chi connectivity index (χ0n) is 9.84. The Kier molecular flexibility index (Phi) is 6.22. The van der Waals surface area contributed by atoms with E-state index < -0.39 is 12.8 Å². The highest BCUT2D eigenvalue weighted by Crippen LogP contribution is 2.19. The third-order valence-electron chi connectivity index (χ3n) is 2.83. The van der Waals surface area contributed by atoms with Crippen LogP contribution in [-0.4, -0.2) is 38.1 Å². The maximum absolute atomic E-state index is 11.8. The van der Waals surface area contributed by atoms with Crippen molar-refractivity contribution < 1.29 is 22.6 Å². The van der Waals surface area contributed by atoms with Crippen molar-refractivity contribution in [1.82, 2.24) is 0 Å². The van der Waals surface area contributed by atoms with Gasteiger partial charge in [0.1, 0.15) is 6.61 Å². The molecular weight excluding hydrogens is 235 g/mol. The molecule has 0 bridgehead atoms. The lowest BCUT2D eigenvalue weighted by atomic mass is 10.1. The van der Waals surface area contributed by atoms with E-state index in [0.29, 0.717) is 0 Å². The van der Waals surface area contributed by atoms with Crippen LogP contribution in [0, 0.1) is 0 Å². The Hall–Kier alpha value is -0.330.